The molecule has 3 saturated heterocycles. The number of fused-ring (bicyclic) bond motifs is 3. The Balaban J connectivity index is 0.00000353. The Hall–Kier alpha value is -3.04. The smallest absolute Gasteiger partial charge is 0.415 e. The van der Waals surface area contributed by atoms with Gasteiger partial charge in [-0.3, -0.25) is 4.90 Å². The molecule has 0 saturated carbocycles. The molecule has 3 heterocycles. The Bertz CT molecular complexity index is 1290. The molecule has 3 aliphatic heterocycles. The van der Waals surface area contributed by atoms with Gasteiger partial charge in [0.15, 0.2) is 17.7 Å². The van der Waals surface area contributed by atoms with Gasteiger partial charge in [-0.1, -0.05) is 30.3 Å². The van der Waals surface area contributed by atoms with Crippen LogP contribution < -0.4 is 26.6 Å². The quantitative estimate of drug-likeness (QED) is 0.293. The summed E-state index contributed by atoms with van der Waals surface area (Å²) in [5.74, 6) is -2.26. The molecule has 5 nitrogen and oxygen atoms in total. The molecule has 3 fully saturated rings. The number of hydrogen-bond donors (Lipinski definition) is 0. The molecular formula is C30H32BrF3N2O3. The van der Waals surface area contributed by atoms with Crippen molar-refractivity contribution in [3.8, 4) is 5.75 Å². The molecule has 3 aliphatic rings. The van der Waals surface area contributed by atoms with Crippen LogP contribution in [0.4, 0.5) is 23.7 Å². The van der Waals surface area contributed by atoms with Gasteiger partial charge in [0, 0.05) is 36.1 Å². The minimum absolute atomic E-state index is 0. The van der Waals surface area contributed by atoms with E-state index < -0.39 is 23.5 Å². The molecule has 3 aromatic rings. The van der Waals surface area contributed by atoms with Crippen LogP contribution in [0.2, 0.25) is 0 Å². The Kier molecular flexibility index (Phi) is 9.23. The Morgan fingerprint density at radius 2 is 1.67 bits per heavy atom. The van der Waals surface area contributed by atoms with Gasteiger partial charge in [-0.05, 0) is 42.8 Å². The summed E-state index contributed by atoms with van der Waals surface area (Å²) in [4.78, 5) is 14.8. The molecule has 0 N–H and O–H groups in total. The van der Waals surface area contributed by atoms with Gasteiger partial charge in [-0.15, -0.1) is 0 Å². The van der Waals surface area contributed by atoms with E-state index in [2.05, 4.69) is 0 Å². The van der Waals surface area contributed by atoms with Crippen molar-refractivity contribution in [3.05, 3.63) is 95.3 Å². The second-order valence-corrected chi connectivity index (χ2v) is 10.4. The molecule has 2 bridgehead atoms. The first-order chi connectivity index (χ1) is 18.3. The van der Waals surface area contributed by atoms with Crippen molar-refractivity contribution in [3.63, 3.8) is 0 Å². The molecule has 0 aromatic heterocycles. The molecular weight excluding hydrogens is 573 g/mol. The monoisotopic (exact) mass is 604 g/mol. The summed E-state index contributed by atoms with van der Waals surface area (Å²) in [5.41, 5.74) is 1.27. The number of anilines is 1. The summed E-state index contributed by atoms with van der Waals surface area (Å²) in [6.07, 6.45) is 0.984. The Labute approximate surface area is 237 Å². The van der Waals surface area contributed by atoms with Crippen LogP contribution in [-0.2, 0) is 11.3 Å². The van der Waals surface area contributed by atoms with Crippen molar-refractivity contribution in [1.29, 1.82) is 0 Å². The normalized spacial score (nSPS) is 21.6. The highest BCUT2D eigenvalue weighted by atomic mass is 79.9. The minimum Gasteiger partial charge on any atom is -1.00 e. The number of para-hydroxylation sites is 1. The summed E-state index contributed by atoms with van der Waals surface area (Å²) >= 11 is 0. The summed E-state index contributed by atoms with van der Waals surface area (Å²) in [7, 11) is 0. The number of quaternary nitrogens is 1. The number of halogens is 4. The maximum Gasteiger partial charge on any atom is 0.415 e. The van der Waals surface area contributed by atoms with Crippen molar-refractivity contribution in [2.24, 2.45) is 5.92 Å². The second-order valence-electron chi connectivity index (χ2n) is 10.4. The van der Waals surface area contributed by atoms with E-state index in [1.54, 1.807) is 18.2 Å². The lowest BCUT2D eigenvalue weighted by molar-refractivity contribution is -0.946. The Morgan fingerprint density at radius 3 is 2.38 bits per heavy atom. The number of nitrogens with zero attached hydrogens (tertiary/aromatic N) is 2. The van der Waals surface area contributed by atoms with Crippen molar-refractivity contribution >= 4 is 11.8 Å². The van der Waals surface area contributed by atoms with E-state index in [9.17, 15) is 18.0 Å². The number of carbonyl (C=O) groups is 1. The fourth-order valence-electron chi connectivity index (χ4n) is 5.65. The fraction of sp³-hybridized carbons (Fsp3) is 0.367. The molecule has 39 heavy (non-hydrogen) atoms. The molecule has 3 aromatic carbocycles. The summed E-state index contributed by atoms with van der Waals surface area (Å²) in [6.45, 7) is 5.70. The average Bonchev–Trinajstić information content (AvgIpc) is 2.91. The number of aryl methyl sites for hydroxylation is 1. The highest BCUT2D eigenvalue weighted by Crippen LogP contribution is 2.36. The highest BCUT2D eigenvalue weighted by Gasteiger charge is 2.48. The number of rotatable bonds is 8. The largest absolute Gasteiger partial charge is 1.00 e. The maximum atomic E-state index is 14.5. The van der Waals surface area contributed by atoms with Gasteiger partial charge >= 0.3 is 6.09 Å². The lowest BCUT2D eigenvalue weighted by atomic mass is 9.83. The van der Waals surface area contributed by atoms with Gasteiger partial charge in [0.2, 0.25) is 0 Å². The number of piperidine rings is 3. The average molecular weight is 605 g/mol. The third kappa shape index (κ3) is 6.76. The predicted octanol–water partition coefficient (Wildman–Crippen LogP) is 3.25. The SMILES string of the molecule is Cc1cccc(N(Cc2cc(F)c(F)cc2F)C(=O)O[C@H]2C[N+]3(CCOc4ccccc4)CCC2CC3)c1.[Br-]. The minimum atomic E-state index is -1.27. The van der Waals surface area contributed by atoms with Crippen LogP contribution in [0.5, 0.6) is 5.75 Å². The number of ether oxygens (including phenoxy) is 2. The zero-order valence-electron chi connectivity index (χ0n) is 21.8. The topological polar surface area (TPSA) is 38.8 Å². The van der Waals surface area contributed by atoms with E-state index in [1.807, 2.05) is 43.3 Å². The molecule has 1 amide bonds. The van der Waals surface area contributed by atoms with E-state index in [1.165, 1.54) is 4.90 Å². The van der Waals surface area contributed by atoms with E-state index in [-0.39, 0.29) is 41.1 Å². The van der Waals surface area contributed by atoms with Crippen LogP contribution in [0.15, 0.2) is 66.7 Å². The molecule has 0 unspecified atom stereocenters. The molecule has 208 valence electrons. The van der Waals surface area contributed by atoms with Crippen molar-refractivity contribution in [2.75, 3.05) is 37.7 Å². The maximum absolute atomic E-state index is 14.5. The molecule has 6 rings (SSSR count). The standard InChI is InChI=1S/C30H32F3N2O3.BrH/c1-21-6-5-7-24(16-21)34(19-23-17-27(32)28(33)18-26(23)31)30(36)38-29-20-35(12-10-22(29)11-13-35)14-15-37-25-8-3-2-4-9-25;/h2-9,16-18,22,29H,10-15,19-20H2,1H3;1H/q+1;/p-1/t22?,29-,35?;/m0./s1. The Morgan fingerprint density at radius 1 is 0.949 bits per heavy atom. The zero-order valence-corrected chi connectivity index (χ0v) is 23.4. The number of carbonyl (C=O) groups excluding carboxylic acids is 1. The van der Waals surface area contributed by atoms with Crippen molar-refractivity contribution in [2.45, 2.75) is 32.4 Å². The van der Waals surface area contributed by atoms with Crippen LogP contribution >= 0.6 is 0 Å². The summed E-state index contributed by atoms with van der Waals surface area (Å²) in [6, 6.07) is 18.2. The number of benzene rings is 3. The first kappa shape index (κ1) is 29.0. The van der Waals surface area contributed by atoms with Crippen molar-refractivity contribution < 1.29 is 48.9 Å². The molecule has 0 spiro atoms. The third-order valence-corrected chi connectivity index (χ3v) is 7.82. The lowest BCUT2D eigenvalue weighted by Crippen LogP contribution is -3.00. The van der Waals surface area contributed by atoms with Crippen LogP contribution in [0.25, 0.3) is 0 Å². The fourth-order valence-corrected chi connectivity index (χ4v) is 5.65. The number of hydrogen-bond acceptors (Lipinski definition) is 3. The summed E-state index contributed by atoms with van der Waals surface area (Å²) in [5, 5.41) is 0. The van der Waals surface area contributed by atoms with E-state index in [0.717, 1.165) is 54.3 Å². The van der Waals surface area contributed by atoms with Crippen LogP contribution in [0, 0.1) is 30.3 Å². The third-order valence-electron chi connectivity index (χ3n) is 7.82. The van der Waals surface area contributed by atoms with E-state index in [4.69, 9.17) is 9.47 Å². The first-order valence-corrected chi connectivity index (χ1v) is 13.0. The summed E-state index contributed by atoms with van der Waals surface area (Å²) < 4.78 is 54.8. The molecule has 1 atom stereocenters. The van der Waals surface area contributed by atoms with Crippen LogP contribution in [0.3, 0.4) is 0 Å². The molecule has 0 aliphatic carbocycles. The van der Waals surface area contributed by atoms with Gasteiger partial charge in [0.25, 0.3) is 0 Å². The lowest BCUT2D eigenvalue weighted by Gasteiger charge is -2.52. The molecule has 0 radical (unpaired) electrons. The zero-order chi connectivity index (χ0) is 26.7. The van der Waals surface area contributed by atoms with E-state index >= 15 is 0 Å². The van der Waals surface area contributed by atoms with Gasteiger partial charge in [0.05, 0.1) is 19.6 Å². The predicted molar refractivity (Wildman–Crippen MR) is 138 cm³/mol. The van der Waals surface area contributed by atoms with Crippen LogP contribution in [0.1, 0.15) is 24.0 Å². The van der Waals surface area contributed by atoms with Gasteiger partial charge < -0.3 is 30.9 Å². The van der Waals surface area contributed by atoms with Crippen molar-refractivity contribution in [1.82, 2.24) is 0 Å². The van der Waals surface area contributed by atoms with Crippen LogP contribution in [-0.4, -0.2) is 49.5 Å². The first-order valence-electron chi connectivity index (χ1n) is 13.0. The second kappa shape index (κ2) is 12.4. The van der Waals surface area contributed by atoms with E-state index in [0.29, 0.717) is 24.9 Å². The van der Waals surface area contributed by atoms with Gasteiger partial charge in [0.1, 0.15) is 31.3 Å². The van der Waals surface area contributed by atoms with Gasteiger partial charge in [-0.25, -0.2) is 18.0 Å². The molecule has 9 heteroatoms. The van der Waals surface area contributed by atoms with Gasteiger partial charge in [-0.2, -0.15) is 0 Å². The highest BCUT2D eigenvalue weighted by molar-refractivity contribution is 5.87. The number of amides is 1.